The van der Waals surface area contributed by atoms with Gasteiger partial charge in [0.1, 0.15) is 0 Å². The van der Waals surface area contributed by atoms with E-state index in [1.54, 1.807) is 0 Å². The molecule has 0 atom stereocenters. The summed E-state index contributed by atoms with van der Waals surface area (Å²) in [6, 6.07) is 10.2. The molecule has 0 aliphatic heterocycles. The Morgan fingerprint density at radius 1 is 1.14 bits per heavy atom. The number of aromatic nitrogens is 2. The van der Waals surface area contributed by atoms with Crippen LogP contribution in [0.4, 0.5) is 0 Å². The minimum Gasteiger partial charge on any atom is -0.317 e. The molecular weight excluding hydrogens is 174 g/mol. The fourth-order valence-electron chi connectivity index (χ4n) is 1.41. The van der Waals surface area contributed by atoms with Gasteiger partial charge in [-0.15, -0.1) is 0 Å². The summed E-state index contributed by atoms with van der Waals surface area (Å²) in [4.78, 5) is 4.33. The average molecular weight is 187 g/mol. The summed E-state index contributed by atoms with van der Waals surface area (Å²) >= 11 is 0. The Morgan fingerprint density at radius 3 is 2.50 bits per heavy atom. The van der Waals surface area contributed by atoms with Crippen LogP contribution in [0.3, 0.4) is 0 Å². The Balaban J connectivity index is 2.47. The van der Waals surface area contributed by atoms with Crippen molar-refractivity contribution >= 4 is 0 Å². The second-order valence-corrected chi connectivity index (χ2v) is 3.31. The lowest BCUT2D eigenvalue weighted by Gasteiger charge is -2.16. The summed E-state index contributed by atoms with van der Waals surface area (Å²) in [5, 5.41) is 2.00. The van der Waals surface area contributed by atoms with Crippen LogP contribution in [0, 0.1) is 0 Å². The van der Waals surface area contributed by atoms with Crippen LogP contribution in [0.15, 0.2) is 42.7 Å². The van der Waals surface area contributed by atoms with E-state index in [0.717, 1.165) is 11.4 Å². The first-order valence-electron chi connectivity index (χ1n) is 4.55. The van der Waals surface area contributed by atoms with Crippen LogP contribution < -0.4 is 5.01 Å². The van der Waals surface area contributed by atoms with E-state index in [9.17, 15) is 0 Å². The van der Waals surface area contributed by atoms with Gasteiger partial charge in [-0.25, -0.2) is 9.66 Å². The zero-order valence-electron chi connectivity index (χ0n) is 8.38. The summed E-state index contributed by atoms with van der Waals surface area (Å²) in [7, 11) is 3.99. The molecule has 0 saturated heterocycles. The van der Waals surface area contributed by atoms with Crippen molar-refractivity contribution in [3.8, 4) is 11.4 Å². The van der Waals surface area contributed by atoms with Gasteiger partial charge in [0.2, 0.25) is 0 Å². The number of hydrogen-bond donors (Lipinski definition) is 0. The second-order valence-electron chi connectivity index (χ2n) is 3.31. The zero-order valence-corrected chi connectivity index (χ0v) is 8.38. The molecule has 1 aromatic carbocycles. The highest BCUT2D eigenvalue weighted by Crippen LogP contribution is 2.15. The molecule has 0 radical (unpaired) electrons. The van der Waals surface area contributed by atoms with Gasteiger partial charge in [0.15, 0.2) is 5.82 Å². The number of benzene rings is 1. The van der Waals surface area contributed by atoms with Crippen LogP contribution in [0.2, 0.25) is 0 Å². The SMILES string of the molecule is CN(C)n1ccnc1-c1ccccc1. The first-order valence-corrected chi connectivity index (χ1v) is 4.55. The minimum absolute atomic E-state index is 0.968. The summed E-state index contributed by atoms with van der Waals surface area (Å²) < 4.78 is 2.01. The third-order valence-corrected chi connectivity index (χ3v) is 2.08. The molecule has 0 bridgehead atoms. The van der Waals surface area contributed by atoms with E-state index < -0.39 is 0 Å². The van der Waals surface area contributed by atoms with Crippen molar-refractivity contribution in [2.75, 3.05) is 19.1 Å². The molecule has 0 saturated carbocycles. The first kappa shape index (κ1) is 8.81. The fourth-order valence-corrected chi connectivity index (χ4v) is 1.41. The van der Waals surface area contributed by atoms with E-state index in [4.69, 9.17) is 0 Å². The largest absolute Gasteiger partial charge is 0.317 e. The van der Waals surface area contributed by atoms with Crippen LogP contribution in [0.5, 0.6) is 0 Å². The van der Waals surface area contributed by atoms with E-state index in [1.165, 1.54) is 0 Å². The summed E-state index contributed by atoms with van der Waals surface area (Å²) in [5.74, 6) is 0.968. The Labute approximate surface area is 83.6 Å². The molecule has 0 fully saturated rings. The molecule has 72 valence electrons. The smallest absolute Gasteiger partial charge is 0.158 e. The highest BCUT2D eigenvalue weighted by atomic mass is 15.5. The van der Waals surface area contributed by atoms with Crippen molar-refractivity contribution in [2.24, 2.45) is 0 Å². The molecule has 3 nitrogen and oxygen atoms in total. The van der Waals surface area contributed by atoms with E-state index in [1.807, 2.05) is 54.4 Å². The maximum Gasteiger partial charge on any atom is 0.158 e. The van der Waals surface area contributed by atoms with Gasteiger partial charge in [-0.2, -0.15) is 0 Å². The predicted octanol–water partition coefficient (Wildman–Crippen LogP) is 1.75. The summed E-state index contributed by atoms with van der Waals surface area (Å²) in [6.07, 6.45) is 3.75. The van der Waals surface area contributed by atoms with Crippen LogP contribution in [-0.2, 0) is 0 Å². The lowest BCUT2D eigenvalue weighted by atomic mass is 10.2. The average Bonchev–Trinajstić information content (AvgIpc) is 2.67. The van der Waals surface area contributed by atoms with Crippen LogP contribution in [0.25, 0.3) is 11.4 Å². The molecule has 2 aromatic rings. The third-order valence-electron chi connectivity index (χ3n) is 2.08. The number of nitrogens with zero attached hydrogens (tertiary/aromatic N) is 3. The standard InChI is InChI=1S/C11H13N3/c1-13(2)14-9-8-12-11(14)10-6-4-3-5-7-10/h3-9H,1-2H3. The Morgan fingerprint density at radius 2 is 1.86 bits per heavy atom. The molecule has 2 rings (SSSR count). The van der Waals surface area contributed by atoms with Gasteiger partial charge in [0, 0.05) is 32.1 Å². The molecule has 0 N–H and O–H groups in total. The van der Waals surface area contributed by atoms with Crippen molar-refractivity contribution in [3.05, 3.63) is 42.7 Å². The highest BCUT2D eigenvalue weighted by Gasteiger charge is 2.05. The Hall–Kier alpha value is -1.77. The predicted molar refractivity (Wildman–Crippen MR) is 57.7 cm³/mol. The van der Waals surface area contributed by atoms with E-state index in [-0.39, 0.29) is 0 Å². The Kier molecular flexibility index (Phi) is 2.23. The van der Waals surface area contributed by atoms with E-state index in [0.29, 0.717) is 0 Å². The lowest BCUT2D eigenvalue weighted by molar-refractivity contribution is 0.738. The third kappa shape index (κ3) is 1.48. The molecule has 0 aliphatic rings. The zero-order chi connectivity index (χ0) is 9.97. The summed E-state index contributed by atoms with van der Waals surface area (Å²) in [5.41, 5.74) is 1.13. The fraction of sp³-hybridized carbons (Fsp3) is 0.182. The Bertz CT molecular complexity index is 403. The molecule has 1 aromatic heterocycles. The van der Waals surface area contributed by atoms with E-state index in [2.05, 4.69) is 17.1 Å². The normalized spacial score (nSPS) is 10.1. The van der Waals surface area contributed by atoms with Gasteiger partial charge in [0.25, 0.3) is 0 Å². The van der Waals surface area contributed by atoms with Gasteiger partial charge in [-0.3, -0.25) is 0 Å². The quantitative estimate of drug-likeness (QED) is 0.714. The van der Waals surface area contributed by atoms with E-state index >= 15 is 0 Å². The lowest BCUT2D eigenvalue weighted by Crippen LogP contribution is -2.24. The molecular formula is C11H13N3. The van der Waals surface area contributed by atoms with Gasteiger partial charge in [-0.05, 0) is 0 Å². The maximum absolute atomic E-state index is 4.33. The van der Waals surface area contributed by atoms with Gasteiger partial charge >= 0.3 is 0 Å². The minimum atomic E-state index is 0.968. The maximum atomic E-state index is 4.33. The number of imidazole rings is 1. The van der Waals surface area contributed by atoms with Crippen molar-refractivity contribution < 1.29 is 0 Å². The molecule has 0 amide bonds. The molecule has 0 spiro atoms. The first-order chi connectivity index (χ1) is 6.79. The highest BCUT2D eigenvalue weighted by molar-refractivity contribution is 5.55. The topological polar surface area (TPSA) is 21.1 Å². The molecule has 1 heterocycles. The van der Waals surface area contributed by atoms with Crippen LogP contribution in [0.1, 0.15) is 0 Å². The van der Waals surface area contributed by atoms with Gasteiger partial charge in [0.05, 0.1) is 0 Å². The van der Waals surface area contributed by atoms with Crippen molar-refractivity contribution in [3.63, 3.8) is 0 Å². The number of rotatable bonds is 2. The summed E-state index contributed by atoms with van der Waals surface area (Å²) in [6.45, 7) is 0. The van der Waals surface area contributed by atoms with Gasteiger partial charge < -0.3 is 5.01 Å². The van der Waals surface area contributed by atoms with Crippen LogP contribution in [-0.4, -0.2) is 23.8 Å². The molecule has 3 heteroatoms. The molecule has 0 aliphatic carbocycles. The molecule has 14 heavy (non-hydrogen) atoms. The monoisotopic (exact) mass is 187 g/mol. The number of hydrogen-bond acceptors (Lipinski definition) is 2. The van der Waals surface area contributed by atoms with Gasteiger partial charge in [-0.1, -0.05) is 30.3 Å². The second kappa shape index (κ2) is 3.54. The van der Waals surface area contributed by atoms with Crippen molar-refractivity contribution in [2.45, 2.75) is 0 Å². The van der Waals surface area contributed by atoms with Crippen molar-refractivity contribution in [1.82, 2.24) is 9.66 Å². The van der Waals surface area contributed by atoms with Crippen LogP contribution >= 0.6 is 0 Å². The molecule has 0 unspecified atom stereocenters. The van der Waals surface area contributed by atoms with Crippen molar-refractivity contribution in [1.29, 1.82) is 0 Å².